The molecule has 0 bridgehead atoms. The minimum atomic E-state index is -0.384. The number of para-hydroxylation sites is 1. The monoisotopic (exact) mass is 318 g/mol. The molecule has 6 heteroatoms. The van der Waals surface area contributed by atoms with E-state index in [1.807, 2.05) is 23.1 Å². The average molecular weight is 318 g/mol. The minimum absolute atomic E-state index is 0.0767. The molecule has 0 radical (unpaired) electrons. The Balaban J connectivity index is 1.64. The number of benzene rings is 1. The highest BCUT2D eigenvalue weighted by Crippen LogP contribution is 2.16. The molecule has 0 aliphatic carbocycles. The molecular weight excluding hydrogens is 296 g/mol. The van der Waals surface area contributed by atoms with Crippen molar-refractivity contribution in [2.45, 2.75) is 25.3 Å². The maximum Gasteiger partial charge on any atom is 0.240 e. The summed E-state index contributed by atoms with van der Waals surface area (Å²) in [4.78, 5) is 13.9. The zero-order chi connectivity index (χ0) is 15.8. The second-order valence-electron chi connectivity index (χ2n) is 5.33. The summed E-state index contributed by atoms with van der Waals surface area (Å²) >= 11 is 1.77. The summed E-state index contributed by atoms with van der Waals surface area (Å²) in [6.07, 6.45) is 2.53. The fraction of sp³-hybridized carbons (Fsp3) is 0.500. The number of carbonyl (C=O) groups excluding carboxylic acids is 1. The number of nitrogens with two attached hydrogens (primary N) is 1. The zero-order valence-electron chi connectivity index (χ0n) is 12.6. The van der Waals surface area contributed by atoms with Crippen molar-refractivity contribution in [1.82, 2.24) is 4.90 Å². The molecule has 0 unspecified atom stereocenters. The van der Waals surface area contributed by atoms with E-state index in [9.17, 15) is 4.79 Å². The molecule has 22 heavy (non-hydrogen) atoms. The molecule has 3 N–H and O–H groups in total. The number of hydrogen-bond acceptors (Lipinski definition) is 5. The molecular formula is C16H22N4OS. The smallest absolute Gasteiger partial charge is 0.240 e. The molecule has 1 atom stereocenters. The molecule has 0 saturated carbocycles. The molecule has 5 nitrogen and oxygen atoms in total. The van der Waals surface area contributed by atoms with Crippen LogP contribution in [0.2, 0.25) is 0 Å². The second-order valence-corrected chi connectivity index (χ2v) is 6.40. The van der Waals surface area contributed by atoms with Crippen LogP contribution in [0.5, 0.6) is 0 Å². The van der Waals surface area contributed by atoms with Crippen LogP contribution in [0.15, 0.2) is 24.3 Å². The SMILES string of the molecule is N#Cc1ccccc1NCCCC[C@H](N)C(=O)N1CCSC1. The van der Waals surface area contributed by atoms with Crippen molar-refractivity contribution in [3.05, 3.63) is 29.8 Å². The molecule has 118 valence electrons. The summed E-state index contributed by atoms with van der Waals surface area (Å²) < 4.78 is 0. The van der Waals surface area contributed by atoms with Gasteiger partial charge in [0.15, 0.2) is 0 Å². The number of rotatable bonds is 7. The van der Waals surface area contributed by atoms with Gasteiger partial charge in [0, 0.05) is 18.8 Å². The van der Waals surface area contributed by atoms with Crippen molar-refractivity contribution < 1.29 is 4.79 Å². The maximum absolute atomic E-state index is 12.0. The van der Waals surface area contributed by atoms with Crippen LogP contribution in [0.4, 0.5) is 5.69 Å². The number of unbranched alkanes of at least 4 members (excludes halogenated alkanes) is 1. The Bertz CT molecular complexity index is 537. The van der Waals surface area contributed by atoms with Gasteiger partial charge in [0.05, 0.1) is 23.2 Å². The van der Waals surface area contributed by atoms with Gasteiger partial charge in [-0.25, -0.2) is 0 Å². The molecule has 1 aliphatic heterocycles. The van der Waals surface area contributed by atoms with Gasteiger partial charge in [0.25, 0.3) is 0 Å². The fourth-order valence-corrected chi connectivity index (χ4v) is 3.35. The molecule has 1 heterocycles. The van der Waals surface area contributed by atoms with E-state index in [4.69, 9.17) is 11.0 Å². The Kier molecular flexibility index (Phi) is 6.56. The van der Waals surface area contributed by atoms with Crippen LogP contribution < -0.4 is 11.1 Å². The first-order valence-corrected chi connectivity index (χ1v) is 8.73. The number of thioether (sulfide) groups is 1. The van der Waals surface area contributed by atoms with E-state index in [0.717, 1.165) is 43.2 Å². The lowest BCUT2D eigenvalue weighted by Gasteiger charge is -2.19. The molecule has 1 saturated heterocycles. The van der Waals surface area contributed by atoms with Crippen LogP contribution in [0, 0.1) is 11.3 Å². The van der Waals surface area contributed by atoms with Crippen LogP contribution in [-0.4, -0.2) is 41.6 Å². The van der Waals surface area contributed by atoms with Crippen molar-refractivity contribution >= 4 is 23.4 Å². The Morgan fingerprint density at radius 1 is 1.45 bits per heavy atom. The summed E-state index contributed by atoms with van der Waals surface area (Å²) in [7, 11) is 0. The van der Waals surface area contributed by atoms with Gasteiger partial charge in [-0.15, -0.1) is 11.8 Å². The average Bonchev–Trinajstić information content (AvgIpc) is 3.08. The molecule has 1 aromatic carbocycles. The molecule has 2 rings (SSSR count). The molecule has 1 aliphatic rings. The third kappa shape index (κ3) is 4.65. The Morgan fingerprint density at radius 3 is 3.00 bits per heavy atom. The lowest BCUT2D eigenvalue weighted by molar-refractivity contribution is -0.131. The van der Waals surface area contributed by atoms with E-state index >= 15 is 0 Å². The van der Waals surface area contributed by atoms with Gasteiger partial charge < -0.3 is 16.0 Å². The van der Waals surface area contributed by atoms with Crippen molar-refractivity contribution in [3.8, 4) is 6.07 Å². The quantitative estimate of drug-likeness (QED) is 0.751. The van der Waals surface area contributed by atoms with Gasteiger partial charge in [-0.1, -0.05) is 12.1 Å². The fourth-order valence-electron chi connectivity index (χ4n) is 2.39. The highest BCUT2D eigenvalue weighted by atomic mass is 32.2. The number of nitrogens with one attached hydrogen (secondary N) is 1. The van der Waals surface area contributed by atoms with E-state index in [1.165, 1.54) is 0 Å². The van der Waals surface area contributed by atoms with E-state index < -0.39 is 0 Å². The molecule has 0 spiro atoms. The Morgan fingerprint density at radius 2 is 2.27 bits per heavy atom. The van der Waals surface area contributed by atoms with Gasteiger partial charge in [-0.05, 0) is 31.4 Å². The van der Waals surface area contributed by atoms with Crippen molar-refractivity contribution in [2.75, 3.05) is 30.0 Å². The minimum Gasteiger partial charge on any atom is -0.384 e. The number of anilines is 1. The van der Waals surface area contributed by atoms with E-state index in [-0.39, 0.29) is 11.9 Å². The first-order chi connectivity index (χ1) is 10.7. The third-order valence-corrected chi connectivity index (χ3v) is 4.65. The highest BCUT2D eigenvalue weighted by molar-refractivity contribution is 7.99. The largest absolute Gasteiger partial charge is 0.384 e. The summed E-state index contributed by atoms with van der Waals surface area (Å²) in [6.45, 7) is 1.60. The number of nitriles is 1. The van der Waals surface area contributed by atoms with Crippen LogP contribution in [0.3, 0.4) is 0 Å². The van der Waals surface area contributed by atoms with E-state index in [1.54, 1.807) is 17.8 Å². The number of nitrogens with zero attached hydrogens (tertiary/aromatic N) is 2. The Hall–Kier alpha value is -1.71. The summed E-state index contributed by atoms with van der Waals surface area (Å²) in [5.41, 5.74) is 7.49. The molecule has 1 fully saturated rings. The van der Waals surface area contributed by atoms with Crippen LogP contribution >= 0.6 is 11.8 Å². The van der Waals surface area contributed by atoms with Gasteiger partial charge in [-0.3, -0.25) is 4.79 Å². The lowest BCUT2D eigenvalue weighted by atomic mass is 10.1. The van der Waals surface area contributed by atoms with Crippen LogP contribution in [0.1, 0.15) is 24.8 Å². The van der Waals surface area contributed by atoms with Crippen molar-refractivity contribution in [3.63, 3.8) is 0 Å². The normalized spacial score (nSPS) is 15.4. The summed E-state index contributed by atoms with van der Waals surface area (Å²) in [5.74, 6) is 1.87. The third-order valence-electron chi connectivity index (χ3n) is 3.69. The van der Waals surface area contributed by atoms with E-state index in [2.05, 4.69) is 11.4 Å². The van der Waals surface area contributed by atoms with Crippen LogP contribution in [-0.2, 0) is 4.79 Å². The number of amides is 1. The zero-order valence-corrected chi connectivity index (χ0v) is 13.4. The number of hydrogen-bond donors (Lipinski definition) is 2. The predicted molar refractivity (Wildman–Crippen MR) is 90.5 cm³/mol. The Labute approximate surface area is 135 Å². The van der Waals surface area contributed by atoms with E-state index in [0.29, 0.717) is 12.0 Å². The number of carbonyl (C=O) groups is 1. The predicted octanol–water partition coefficient (Wildman–Crippen LogP) is 2.00. The molecule has 0 aromatic heterocycles. The second kappa shape index (κ2) is 8.66. The van der Waals surface area contributed by atoms with Gasteiger partial charge in [0.1, 0.15) is 6.07 Å². The molecule has 1 amide bonds. The summed E-state index contributed by atoms with van der Waals surface area (Å²) in [5, 5.41) is 12.3. The van der Waals surface area contributed by atoms with Crippen molar-refractivity contribution in [1.29, 1.82) is 5.26 Å². The van der Waals surface area contributed by atoms with Crippen LogP contribution in [0.25, 0.3) is 0 Å². The molecule has 1 aromatic rings. The maximum atomic E-state index is 12.0. The first kappa shape index (κ1) is 16.7. The van der Waals surface area contributed by atoms with Crippen molar-refractivity contribution in [2.24, 2.45) is 5.73 Å². The lowest BCUT2D eigenvalue weighted by Crippen LogP contribution is -2.42. The topological polar surface area (TPSA) is 82.1 Å². The van der Waals surface area contributed by atoms with Gasteiger partial charge >= 0.3 is 0 Å². The highest BCUT2D eigenvalue weighted by Gasteiger charge is 2.23. The van der Waals surface area contributed by atoms with Gasteiger partial charge in [0.2, 0.25) is 5.91 Å². The summed E-state index contributed by atoms with van der Waals surface area (Å²) in [6, 6.07) is 9.24. The standard InChI is InChI=1S/C16H22N4OS/c17-11-13-5-1-2-7-15(13)19-8-4-3-6-14(18)16(21)20-9-10-22-12-20/h1-2,5,7,14,19H,3-4,6,8-10,12,18H2/t14-/m0/s1. The van der Waals surface area contributed by atoms with Gasteiger partial charge in [-0.2, -0.15) is 5.26 Å². The first-order valence-electron chi connectivity index (χ1n) is 7.57.